The summed E-state index contributed by atoms with van der Waals surface area (Å²) in [4.78, 5) is 40.7. The van der Waals surface area contributed by atoms with Gasteiger partial charge in [-0.15, -0.1) is 0 Å². The molecule has 1 rings (SSSR count). The first kappa shape index (κ1) is 28.4. The molecule has 2 atom stereocenters. The van der Waals surface area contributed by atoms with Gasteiger partial charge in [0, 0.05) is 12.1 Å². The molecule has 0 radical (unpaired) electrons. The van der Waals surface area contributed by atoms with Crippen LogP contribution in [0.4, 0.5) is 4.79 Å². The minimum absolute atomic E-state index is 0.290. The first-order valence-electron chi connectivity index (χ1n) is 11.5. The fourth-order valence-electron chi connectivity index (χ4n) is 3.19. The molecule has 3 N–H and O–H groups in total. The number of aliphatic hydroxyl groups excluding tert-OH is 1. The molecule has 0 saturated carbocycles. The van der Waals surface area contributed by atoms with Crippen LogP contribution < -0.4 is 10.6 Å². The van der Waals surface area contributed by atoms with Crippen LogP contribution in [-0.2, 0) is 14.3 Å². The van der Waals surface area contributed by atoms with Gasteiger partial charge in [-0.25, -0.2) is 4.79 Å². The summed E-state index contributed by atoms with van der Waals surface area (Å²) in [6.45, 7) is 14.3. The Bertz CT molecular complexity index is 794. The van der Waals surface area contributed by atoms with Gasteiger partial charge in [0.1, 0.15) is 17.7 Å². The number of carbonyl (C=O) groups is 3. The van der Waals surface area contributed by atoms with Gasteiger partial charge in [0.05, 0.1) is 6.61 Å². The number of amides is 3. The molecule has 2 unspecified atom stereocenters. The second-order valence-corrected chi connectivity index (χ2v) is 10.3. The number of unbranched alkanes of at least 4 members (excludes halogenated alkanes) is 1. The number of ether oxygens (including phenoxy) is 1. The van der Waals surface area contributed by atoms with E-state index in [0.29, 0.717) is 12.0 Å². The number of carbonyl (C=O) groups excluding carboxylic acids is 3. The Hall–Kier alpha value is -2.61. The number of rotatable bonds is 9. The van der Waals surface area contributed by atoms with E-state index in [-0.39, 0.29) is 12.5 Å². The molecule has 0 bridgehead atoms. The van der Waals surface area contributed by atoms with Crippen LogP contribution in [0.3, 0.4) is 0 Å². The summed E-state index contributed by atoms with van der Waals surface area (Å²) in [5.74, 6) is -0.879. The quantitative estimate of drug-likeness (QED) is 0.520. The van der Waals surface area contributed by atoms with Gasteiger partial charge in [0.2, 0.25) is 11.8 Å². The van der Waals surface area contributed by atoms with Gasteiger partial charge in [-0.05, 0) is 60.5 Å². The van der Waals surface area contributed by atoms with Gasteiger partial charge in [-0.2, -0.15) is 0 Å². The van der Waals surface area contributed by atoms with Crippen molar-refractivity contribution in [1.29, 1.82) is 0 Å². The van der Waals surface area contributed by atoms with Crippen LogP contribution in [0.25, 0.3) is 0 Å². The summed E-state index contributed by atoms with van der Waals surface area (Å²) in [6.07, 6.45) is 0.646. The predicted octanol–water partition coefficient (Wildman–Crippen LogP) is 3.47. The third-order valence-corrected chi connectivity index (χ3v) is 4.66. The Morgan fingerprint density at radius 2 is 1.64 bits per heavy atom. The van der Waals surface area contributed by atoms with Crippen LogP contribution in [0, 0.1) is 6.92 Å². The summed E-state index contributed by atoms with van der Waals surface area (Å²) in [5, 5.41) is 15.3. The summed E-state index contributed by atoms with van der Waals surface area (Å²) >= 11 is 0. The lowest BCUT2D eigenvalue weighted by atomic mass is 9.99. The SMILES string of the molecule is CCCCN(C(=O)C(CO)NC(=O)OC(C)(C)C)C(C(=O)NC(C)(C)C)c1ccc(C)cc1. The highest BCUT2D eigenvalue weighted by molar-refractivity contribution is 5.92. The van der Waals surface area contributed by atoms with Crippen LogP contribution in [0.1, 0.15) is 78.5 Å². The van der Waals surface area contributed by atoms with Gasteiger partial charge >= 0.3 is 6.09 Å². The number of nitrogens with one attached hydrogen (secondary N) is 2. The number of aliphatic hydroxyl groups is 1. The van der Waals surface area contributed by atoms with Crippen molar-refractivity contribution >= 4 is 17.9 Å². The molecule has 0 aliphatic carbocycles. The lowest BCUT2D eigenvalue weighted by Gasteiger charge is -2.35. The Labute approximate surface area is 198 Å². The number of alkyl carbamates (subject to hydrolysis) is 1. The highest BCUT2D eigenvalue weighted by Gasteiger charge is 2.36. The zero-order valence-electron chi connectivity index (χ0n) is 21.3. The Morgan fingerprint density at radius 1 is 1.06 bits per heavy atom. The van der Waals surface area contributed by atoms with Gasteiger partial charge in [-0.3, -0.25) is 9.59 Å². The molecule has 0 aliphatic rings. The van der Waals surface area contributed by atoms with Crippen molar-refractivity contribution in [1.82, 2.24) is 15.5 Å². The molecule has 33 heavy (non-hydrogen) atoms. The van der Waals surface area contributed by atoms with E-state index in [4.69, 9.17) is 4.74 Å². The van der Waals surface area contributed by atoms with Crippen molar-refractivity contribution in [3.05, 3.63) is 35.4 Å². The molecule has 0 saturated heterocycles. The lowest BCUT2D eigenvalue weighted by Crippen LogP contribution is -2.55. The van der Waals surface area contributed by atoms with Crippen molar-refractivity contribution in [2.45, 2.75) is 91.5 Å². The molecule has 0 aromatic heterocycles. The maximum Gasteiger partial charge on any atom is 0.408 e. The number of nitrogens with zero attached hydrogens (tertiary/aromatic N) is 1. The van der Waals surface area contributed by atoms with Crippen molar-refractivity contribution in [3.8, 4) is 0 Å². The maximum absolute atomic E-state index is 13.5. The Balaban J connectivity index is 3.37. The van der Waals surface area contributed by atoms with Crippen molar-refractivity contribution in [2.75, 3.05) is 13.2 Å². The van der Waals surface area contributed by atoms with E-state index in [1.165, 1.54) is 4.90 Å². The molecule has 0 aliphatic heterocycles. The molecule has 3 amide bonds. The smallest absolute Gasteiger partial charge is 0.408 e. The van der Waals surface area contributed by atoms with E-state index in [9.17, 15) is 19.5 Å². The van der Waals surface area contributed by atoms with Gasteiger partial charge in [-0.1, -0.05) is 43.2 Å². The number of hydrogen-bond acceptors (Lipinski definition) is 5. The second-order valence-electron chi connectivity index (χ2n) is 10.3. The van der Waals surface area contributed by atoms with Crippen LogP contribution in [0.15, 0.2) is 24.3 Å². The Morgan fingerprint density at radius 3 is 2.09 bits per heavy atom. The summed E-state index contributed by atoms with van der Waals surface area (Å²) in [5.41, 5.74) is 0.414. The molecule has 8 heteroatoms. The summed E-state index contributed by atoms with van der Waals surface area (Å²) in [7, 11) is 0. The fraction of sp³-hybridized carbons (Fsp3) is 0.640. The fourth-order valence-corrected chi connectivity index (χ4v) is 3.19. The first-order valence-corrected chi connectivity index (χ1v) is 11.5. The minimum atomic E-state index is -1.24. The average molecular weight is 464 g/mol. The molecule has 0 spiro atoms. The number of benzene rings is 1. The maximum atomic E-state index is 13.5. The van der Waals surface area contributed by atoms with E-state index < -0.39 is 41.8 Å². The second kappa shape index (κ2) is 12.0. The number of aryl methyl sites for hydroxylation is 1. The zero-order chi connectivity index (χ0) is 25.4. The third kappa shape index (κ3) is 9.82. The normalized spacial score (nSPS) is 13.6. The largest absolute Gasteiger partial charge is 0.444 e. The highest BCUT2D eigenvalue weighted by Crippen LogP contribution is 2.25. The lowest BCUT2D eigenvalue weighted by molar-refractivity contribution is -0.143. The monoisotopic (exact) mass is 463 g/mol. The van der Waals surface area contributed by atoms with Gasteiger partial charge in [0.25, 0.3) is 0 Å². The van der Waals surface area contributed by atoms with E-state index in [0.717, 1.165) is 12.0 Å². The predicted molar refractivity (Wildman–Crippen MR) is 129 cm³/mol. The van der Waals surface area contributed by atoms with Crippen LogP contribution >= 0.6 is 0 Å². The molecular formula is C25H41N3O5. The molecule has 1 aromatic carbocycles. The van der Waals surface area contributed by atoms with Crippen molar-refractivity contribution < 1.29 is 24.2 Å². The molecule has 8 nitrogen and oxygen atoms in total. The Kier molecular flexibility index (Phi) is 10.4. The average Bonchev–Trinajstić information content (AvgIpc) is 2.67. The third-order valence-electron chi connectivity index (χ3n) is 4.66. The molecule has 1 aromatic rings. The van der Waals surface area contributed by atoms with Gasteiger partial charge < -0.3 is 25.4 Å². The van der Waals surface area contributed by atoms with E-state index in [1.807, 2.05) is 58.9 Å². The topological polar surface area (TPSA) is 108 Å². The van der Waals surface area contributed by atoms with Crippen LogP contribution in [0.2, 0.25) is 0 Å². The minimum Gasteiger partial charge on any atom is -0.444 e. The summed E-state index contributed by atoms with van der Waals surface area (Å²) in [6, 6.07) is 5.26. The van der Waals surface area contributed by atoms with E-state index in [1.54, 1.807) is 20.8 Å². The first-order chi connectivity index (χ1) is 15.2. The standard InChI is InChI=1S/C25H41N3O5/c1-9-10-15-28(22(31)19(16-29)26-23(32)33-25(6,7)8)20(21(30)27-24(3,4)5)18-13-11-17(2)12-14-18/h11-14,19-20,29H,9-10,15-16H2,1-8H3,(H,26,32)(H,27,30). The zero-order valence-corrected chi connectivity index (χ0v) is 21.3. The van der Waals surface area contributed by atoms with Crippen LogP contribution in [0.5, 0.6) is 0 Å². The van der Waals surface area contributed by atoms with Crippen LogP contribution in [-0.4, -0.2) is 58.2 Å². The van der Waals surface area contributed by atoms with Gasteiger partial charge in [0.15, 0.2) is 0 Å². The molecular weight excluding hydrogens is 422 g/mol. The molecule has 0 fully saturated rings. The summed E-state index contributed by atoms with van der Waals surface area (Å²) < 4.78 is 5.24. The molecule has 0 heterocycles. The number of hydrogen-bond donors (Lipinski definition) is 3. The van der Waals surface area contributed by atoms with E-state index >= 15 is 0 Å². The highest BCUT2D eigenvalue weighted by atomic mass is 16.6. The van der Waals surface area contributed by atoms with Crippen molar-refractivity contribution in [3.63, 3.8) is 0 Å². The van der Waals surface area contributed by atoms with Crippen molar-refractivity contribution in [2.24, 2.45) is 0 Å². The van der Waals surface area contributed by atoms with E-state index in [2.05, 4.69) is 10.6 Å². The molecule has 186 valence electrons.